The lowest BCUT2D eigenvalue weighted by molar-refractivity contribution is -0.138. The van der Waals surface area contributed by atoms with Crippen LogP contribution in [0, 0.1) is 0 Å². The molecule has 0 aromatic carbocycles. The third-order valence-corrected chi connectivity index (χ3v) is 1.15. The zero-order valence-corrected chi connectivity index (χ0v) is 6.29. The standard InChI is InChI=1S/C7H13NO2/c1-3-4-5-8-6(2)7(9)10/h3-4,6,8H,5H2,1-2H3,(H,9,10). The van der Waals surface area contributed by atoms with E-state index in [2.05, 4.69) is 5.32 Å². The van der Waals surface area contributed by atoms with Crippen molar-refractivity contribution < 1.29 is 9.90 Å². The van der Waals surface area contributed by atoms with Gasteiger partial charge in [0.1, 0.15) is 6.04 Å². The molecule has 2 N–H and O–H groups in total. The van der Waals surface area contributed by atoms with Crippen LogP contribution in [0.25, 0.3) is 0 Å². The lowest BCUT2D eigenvalue weighted by Crippen LogP contribution is -2.33. The van der Waals surface area contributed by atoms with Crippen molar-refractivity contribution in [3.8, 4) is 0 Å². The summed E-state index contributed by atoms with van der Waals surface area (Å²) in [5.74, 6) is -0.815. The van der Waals surface area contributed by atoms with Crippen LogP contribution in [0.15, 0.2) is 12.2 Å². The Morgan fingerprint density at radius 3 is 2.80 bits per heavy atom. The van der Waals surface area contributed by atoms with E-state index in [0.717, 1.165) is 0 Å². The highest BCUT2D eigenvalue weighted by molar-refractivity contribution is 5.72. The first-order chi connectivity index (χ1) is 4.68. The number of allylic oxidation sites excluding steroid dienone is 1. The normalized spacial score (nSPS) is 13.8. The van der Waals surface area contributed by atoms with E-state index in [0.29, 0.717) is 6.54 Å². The Labute approximate surface area is 60.7 Å². The molecule has 3 heteroatoms. The minimum Gasteiger partial charge on any atom is -0.480 e. The fourth-order valence-corrected chi connectivity index (χ4v) is 0.450. The summed E-state index contributed by atoms with van der Waals surface area (Å²) in [5.41, 5.74) is 0. The average Bonchev–Trinajstić information content (AvgIpc) is 1.88. The lowest BCUT2D eigenvalue weighted by Gasteiger charge is -2.04. The van der Waals surface area contributed by atoms with Crippen molar-refractivity contribution in [2.45, 2.75) is 19.9 Å². The first-order valence-corrected chi connectivity index (χ1v) is 3.25. The van der Waals surface area contributed by atoms with E-state index < -0.39 is 12.0 Å². The summed E-state index contributed by atoms with van der Waals surface area (Å²) in [5, 5.41) is 11.2. The summed E-state index contributed by atoms with van der Waals surface area (Å²) in [6.45, 7) is 4.13. The van der Waals surface area contributed by atoms with Gasteiger partial charge in [-0.2, -0.15) is 0 Å². The second-order valence-electron chi connectivity index (χ2n) is 2.04. The van der Waals surface area contributed by atoms with Crippen LogP contribution in [0.1, 0.15) is 13.8 Å². The van der Waals surface area contributed by atoms with Gasteiger partial charge in [-0.1, -0.05) is 12.2 Å². The molecule has 0 saturated carbocycles. The van der Waals surface area contributed by atoms with E-state index in [9.17, 15) is 4.79 Å². The third kappa shape index (κ3) is 4.09. The zero-order chi connectivity index (χ0) is 7.98. The van der Waals surface area contributed by atoms with Crippen molar-refractivity contribution in [3.63, 3.8) is 0 Å². The SMILES string of the molecule is CC=CCNC(C)C(=O)O. The molecule has 0 aliphatic rings. The van der Waals surface area contributed by atoms with Gasteiger partial charge in [-0.3, -0.25) is 4.79 Å². The molecule has 0 radical (unpaired) electrons. The molecule has 0 aromatic heterocycles. The van der Waals surface area contributed by atoms with Crippen LogP contribution in [0.4, 0.5) is 0 Å². The first-order valence-electron chi connectivity index (χ1n) is 3.25. The molecular formula is C7H13NO2. The van der Waals surface area contributed by atoms with E-state index in [1.54, 1.807) is 6.92 Å². The first kappa shape index (κ1) is 9.17. The van der Waals surface area contributed by atoms with E-state index >= 15 is 0 Å². The van der Waals surface area contributed by atoms with Gasteiger partial charge in [-0.05, 0) is 13.8 Å². The van der Waals surface area contributed by atoms with Crippen LogP contribution in [-0.2, 0) is 4.79 Å². The van der Waals surface area contributed by atoms with Crippen molar-refractivity contribution >= 4 is 5.97 Å². The minimum atomic E-state index is -0.815. The van der Waals surface area contributed by atoms with Crippen LogP contribution in [0.5, 0.6) is 0 Å². The molecule has 0 heterocycles. The Bertz CT molecular complexity index is 132. The zero-order valence-electron chi connectivity index (χ0n) is 6.29. The summed E-state index contributed by atoms with van der Waals surface area (Å²) in [4.78, 5) is 10.2. The van der Waals surface area contributed by atoms with Crippen molar-refractivity contribution in [2.75, 3.05) is 6.54 Å². The predicted octanol–water partition coefficient (Wildman–Crippen LogP) is 0.625. The lowest BCUT2D eigenvalue weighted by atomic mass is 10.3. The number of rotatable bonds is 4. The van der Waals surface area contributed by atoms with Crippen LogP contribution < -0.4 is 5.32 Å². The van der Waals surface area contributed by atoms with Crippen molar-refractivity contribution in [1.29, 1.82) is 0 Å². The quantitative estimate of drug-likeness (QED) is 0.567. The molecule has 10 heavy (non-hydrogen) atoms. The van der Waals surface area contributed by atoms with Crippen LogP contribution in [-0.4, -0.2) is 23.7 Å². The number of hydrogen-bond donors (Lipinski definition) is 2. The molecule has 0 fully saturated rings. The van der Waals surface area contributed by atoms with E-state index in [1.165, 1.54) is 0 Å². The monoisotopic (exact) mass is 143 g/mol. The van der Waals surface area contributed by atoms with Gasteiger partial charge < -0.3 is 10.4 Å². The van der Waals surface area contributed by atoms with E-state index in [-0.39, 0.29) is 0 Å². The van der Waals surface area contributed by atoms with Crippen LogP contribution in [0.2, 0.25) is 0 Å². The molecule has 0 aromatic rings. The second-order valence-corrected chi connectivity index (χ2v) is 2.04. The Hall–Kier alpha value is -0.830. The fraction of sp³-hybridized carbons (Fsp3) is 0.571. The maximum Gasteiger partial charge on any atom is 0.320 e. The Morgan fingerprint density at radius 1 is 1.80 bits per heavy atom. The van der Waals surface area contributed by atoms with E-state index in [1.807, 2.05) is 19.1 Å². The van der Waals surface area contributed by atoms with Crippen molar-refractivity contribution in [1.82, 2.24) is 5.32 Å². The third-order valence-electron chi connectivity index (χ3n) is 1.15. The topological polar surface area (TPSA) is 49.3 Å². The molecule has 0 amide bonds. The molecule has 1 atom stereocenters. The number of carboxylic acids is 1. The molecular weight excluding hydrogens is 130 g/mol. The molecule has 3 nitrogen and oxygen atoms in total. The molecule has 0 rings (SSSR count). The van der Waals surface area contributed by atoms with Gasteiger partial charge in [-0.15, -0.1) is 0 Å². The molecule has 0 aliphatic carbocycles. The van der Waals surface area contributed by atoms with Crippen molar-refractivity contribution in [3.05, 3.63) is 12.2 Å². The van der Waals surface area contributed by atoms with E-state index in [4.69, 9.17) is 5.11 Å². The summed E-state index contributed by atoms with van der Waals surface area (Å²) in [7, 11) is 0. The van der Waals surface area contributed by atoms with Gasteiger partial charge in [0.15, 0.2) is 0 Å². The maximum absolute atomic E-state index is 10.2. The maximum atomic E-state index is 10.2. The Morgan fingerprint density at radius 2 is 2.40 bits per heavy atom. The number of hydrogen-bond acceptors (Lipinski definition) is 2. The summed E-state index contributed by atoms with van der Waals surface area (Å²) in [6, 6.07) is -0.462. The molecule has 58 valence electrons. The predicted molar refractivity (Wildman–Crippen MR) is 39.9 cm³/mol. The average molecular weight is 143 g/mol. The van der Waals surface area contributed by atoms with Crippen LogP contribution >= 0.6 is 0 Å². The molecule has 0 bridgehead atoms. The molecule has 0 saturated heterocycles. The van der Waals surface area contributed by atoms with Crippen molar-refractivity contribution in [2.24, 2.45) is 0 Å². The highest BCUT2D eigenvalue weighted by Gasteiger charge is 2.06. The number of aliphatic carboxylic acids is 1. The smallest absolute Gasteiger partial charge is 0.320 e. The Balaban J connectivity index is 3.39. The molecule has 0 aliphatic heterocycles. The largest absolute Gasteiger partial charge is 0.480 e. The van der Waals surface area contributed by atoms with Gasteiger partial charge in [0.25, 0.3) is 0 Å². The van der Waals surface area contributed by atoms with Gasteiger partial charge in [0.2, 0.25) is 0 Å². The number of carboxylic acid groups (broad SMARTS) is 1. The summed E-state index contributed by atoms with van der Waals surface area (Å²) >= 11 is 0. The van der Waals surface area contributed by atoms with Gasteiger partial charge in [0, 0.05) is 6.54 Å². The summed E-state index contributed by atoms with van der Waals surface area (Å²) < 4.78 is 0. The van der Waals surface area contributed by atoms with Gasteiger partial charge in [-0.25, -0.2) is 0 Å². The minimum absolute atomic E-state index is 0.462. The summed E-state index contributed by atoms with van der Waals surface area (Å²) in [6.07, 6.45) is 3.75. The van der Waals surface area contributed by atoms with Crippen LogP contribution in [0.3, 0.4) is 0 Å². The molecule has 1 unspecified atom stereocenters. The number of carbonyl (C=O) groups is 1. The number of nitrogens with one attached hydrogen (secondary N) is 1. The van der Waals surface area contributed by atoms with Gasteiger partial charge >= 0.3 is 5.97 Å². The highest BCUT2D eigenvalue weighted by Crippen LogP contribution is 1.79. The highest BCUT2D eigenvalue weighted by atomic mass is 16.4. The van der Waals surface area contributed by atoms with Gasteiger partial charge in [0.05, 0.1) is 0 Å². The fourth-order valence-electron chi connectivity index (χ4n) is 0.450. The molecule has 0 spiro atoms. The second kappa shape index (κ2) is 4.99. The Kier molecular flexibility index (Phi) is 4.58.